The SMILES string of the molecule is CC1(C)SC2c3ccccc3C(=O)N2C1(C)C(=O)NCCC(=O)Nc1cccnc1. The third kappa shape index (κ3) is 3.15. The normalized spacial score (nSPS) is 23.6. The van der Waals surface area contributed by atoms with Crippen LogP contribution in [-0.2, 0) is 9.59 Å². The van der Waals surface area contributed by atoms with Crippen LogP contribution in [0.3, 0.4) is 0 Å². The molecule has 2 atom stereocenters. The first kappa shape index (κ1) is 20.4. The van der Waals surface area contributed by atoms with Crippen molar-refractivity contribution in [2.24, 2.45) is 0 Å². The number of aromatic nitrogens is 1. The summed E-state index contributed by atoms with van der Waals surface area (Å²) in [7, 11) is 0. The molecule has 8 heteroatoms. The predicted octanol–water partition coefficient (Wildman–Crippen LogP) is 2.97. The van der Waals surface area contributed by atoms with Crippen LogP contribution in [-0.4, -0.2) is 44.4 Å². The Kier molecular flexibility index (Phi) is 5.05. The van der Waals surface area contributed by atoms with Crippen molar-refractivity contribution < 1.29 is 14.4 Å². The van der Waals surface area contributed by atoms with Crippen LogP contribution in [0.25, 0.3) is 0 Å². The first-order chi connectivity index (χ1) is 14.3. The zero-order valence-electron chi connectivity index (χ0n) is 17.1. The predicted molar refractivity (Wildman–Crippen MR) is 116 cm³/mol. The molecule has 7 nitrogen and oxygen atoms in total. The maximum atomic E-state index is 13.3. The Morgan fingerprint density at radius 3 is 2.67 bits per heavy atom. The lowest BCUT2D eigenvalue weighted by Crippen LogP contribution is -2.63. The summed E-state index contributed by atoms with van der Waals surface area (Å²) in [6.45, 7) is 5.97. The number of fused-ring (bicyclic) bond motifs is 3. The van der Waals surface area contributed by atoms with Gasteiger partial charge in [0.15, 0.2) is 0 Å². The average Bonchev–Trinajstić information content (AvgIpc) is 3.11. The average molecular weight is 425 g/mol. The summed E-state index contributed by atoms with van der Waals surface area (Å²) in [5.41, 5.74) is 1.17. The van der Waals surface area contributed by atoms with Crippen LogP contribution >= 0.6 is 11.8 Å². The first-order valence-electron chi connectivity index (χ1n) is 9.84. The van der Waals surface area contributed by atoms with E-state index in [9.17, 15) is 14.4 Å². The lowest BCUT2D eigenvalue weighted by molar-refractivity contribution is -0.132. The van der Waals surface area contributed by atoms with E-state index < -0.39 is 10.3 Å². The van der Waals surface area contributed by atoms with Gasteiger partial charge in [0.05, 0.1) is 11.9 Å². The number of carbonyl (C=O) groups is 3. The van der Waals surface area contributed by atoms with Crippen LogP contribution in [0, 0.1) is 0 Å². The van der Waals surface area contributed by atoms with Crippen LogP contribution in [0.2, 0.25) is 0 Å². The molecule has 30 heavy (non-hydrogen) atoms. The molecular weight excluding hydrogens is 400 g/mol. The van der Waals surface area contributed by atoms with E-state index in [-0.39, 0.29) is 36.1 Å². The molecule has 2 aliphatic heterocycles. The van der Waals surface area contributed by atoms with Gasteiger partial charge in [-0.05, 0) is 44.5 Å². The molecule has 2 aromatic rings. The number of amides is 3. The van der Waals surface area contributed by atoms with Gasteiger partial charge in [-0.1, -0.05) is 18.2 Å². The second-order valence-electron chi connectivity index (χ2n) is 8.11. The van der Waals surface area contributed by atoms with E-state index in [1.807, 2.05) is 45.0 Å². The van der Waals surface area contributed by atoms with Gasteiger partial charge in [-0.25, -0.2) is 0 Å². The summed E-state index contributed by atoms with van der Waals surface area (Å²) in [5.74, 6) is -0.588. The van der Waals surface area contributed by atoms with Gasteiger partial charge in [0.2, 0.25) is 11.8 Å². The van der Waals surface area contributed by atoms with Gasteiger partial charge < -0.3 is 15.5 Å². The highest BCUT2D eigenvalue weighted by Gasteiger charge is 2.65. The summed E-state index contributed by atoms with van der Waals surface area (Å²) in [6, 6.07) is 11.0. The Bertz CT molecular complexity index is 1010. The van der Waals surface area contributed by atoms with Crippen molar-refractivity contribution in [3.63, 3.8) is 0 Å². The zero-order valence-corrected chi connectivity index (χ0v) is 18.0. The molecular formula is C22H24N4O3S. The molecule has 1 aromatic carbocycles. The number of nitrogens with zero attached hydrogens (tertiary/aromatic N) is 2. The number of nitrogens with one attached hydrogen (secondary N) is 2. The Labute approximate surface area is 179 Å². The number of pyridine rings is 1. The number of carbonyl (C=O) groups excluding carboxylic acids is 3. The van der Waals surface area contributed by atoms with Crippen molar-refractivity contribution in [1.29, 1.82) is 0 Å². The van der Waals surface area contributed by atoms with Gasteiger partial charge in [-0.3, -0.25) is 19.4 Å². The zero-order chi connectivity index (χ0) is 21.5. The fourth-order valence-corrected chi connectivity index (χ4v) is 5.75. The third-order valence-electron chi connectivity index (χ3n) is 6.00. The fraction of sp³-hybridized carbons (Fsp3) is 0.364. The highest BCUT2D eigenvalue weighted by molar-refractivity contribution is 8.01. The molecule has 1 aromatic heterocycles. The van der Waals surface area contributed by atoms with Crippen LogP contribution in [0.15, 0.2) is 48.8 Å². The molecule has 2 aliphatic rings. The van der Waals surface area contributed by atoms with E-state index >= 15 is 0 Å². The quantitative estimate of drug-likeness (QED) is 0.770. The largest absolute Gasteiger partial charge is 0.354 e. The molecule has 0 spiro atoms. The Hall–Kier alpha value is -2.87. The van der Waals surface area contributed by atoms with Gasteiger partial charge in [0.25, 0.3) is 5.91 Å². The molecule has 0 aliphatic carbocycles. The minimum Gasteiger partial charge on any atom is -0.354 e. The van der Waals surface area contributed by atoms with E-state index in [4.69, 9.17) is 0 Å². The minimum absolute atomic E-state index is 0.124. The van der Waals surface area contributed by atoms with E-state index in [1.54, 1.807) is 41.2 Å². The Morgan fingerprint density at radius 1 is 1.17 bits per heavy atom. The monoisotopic (exact) mass is 424 g/mol. The van der Waals surface area contributed by atoms with E-state index in [2.05, 4.69) is 15.6 Å². The fourth-order valence-electron chi connectivity index (χ4n) is 4.02. The summed E-state index contributed by atoms with van der Waals surface area (Å²) in [6.07, 6.45) is 3.32. The number of hydrogen-bond acceptors (Lipinski definition) is 5. The van der Waals surface area contributed by atoms with Crippen molar-refractivity contribution in [1.82, 2.24) is 15.2 Å². The summed E-state index contributed by atoms with van der Waals surface area (Å²) in [4.78, 5) is 44.2. The number of thioether (sulfide) groups is 1. The summed E-state index contributed by atoms with van der Waals surface area (Å²) in [5, 5.41) is 5.43. The van der Waals surface area contributed by atoms with E-state index in [0.717, 1.165) is 5.56 Å². The number of anilines is 1. The van der Waals surface area contributed by atoms with Crippen molar-refractivity contribution >= 4 is 35.2 Å². The summed E-state index contributed by atoms with van der Waals surface area (Å²) < 4.78 is -0.497. The van der Waals surface area contributed by atoms with Crippen LogP contribution < -0.4 is 10.6 Å². The Morgan fingerprint density at radius 2 is 1.93 bits per heavy atom. The second-order valence-corrected chi connectivity index (χ2v) is 9.81. The topological polar surface area (TPSA) is 91.4 Å². The first-order valence-corrected chi connectivity index (χ1v) is 10.7. The molecule has 0 saturated carbocycles. The van der Waals surface area contributed by atoms with Crippen LogP contribution in [0.5, 0.6) is 0 Å². The molecule has 3 amide bonds. The molecule has 4 rings (SSSR count). The number of hydrogen-bond donors (Lipinski definition) is 2. The van der Waals surface area contributed by atoms with Gasteiger partial charge in [0, 0.05) is 29.5 Å². The second kappa shape index (κ2) is 7.43. The van der Waals surface area contributed by atoms with Crippen molar-refractivity contribution in [2.45, 2.75) is 42.9 Å². The minimum atomic E-state index is -1.04. The van der Waals surface area contributed by atoms with Crippen LogP contribution in [0.1, 0.15) is 48.5 Å². The molecule has 2 N–H and O–H groups in total. The molecule has 1 fully saturated rings. The van der Waals surface area contributed by atoms with Gasteiger partial charge in [-0.2, -0.15) is 0 Å². The number of rotatable bonds is 5. The van der Waals surface area contributed by atoms with Gasteiger partial charge >= 0.3 is 0 Å². The van der Waals surface area contributed by atoms with Crippen molar-refractivity contribution in [3.8, 4) is 0 Å². The highest BCUT2D eigenvalue weighted by atomic mass is 32.2. The smallest absolute Gasteiger partial charge is 0.256 e. The molecule has 156 valence electrons. The molecule has 2 unspecified atom stereocenters. The van der Waals surface area contributed by atoms with Crippen LogP contribution in [0.4, 0.5) is 5.69 Å². The lowest BCUT2D eigenvalue weighted by atomic mass is 9.84. The summed E-state index contributed by atoms with van der Waals surface area (Å²) >= 11 is 1.62. The van der Waals surface area contributed by atoms with Gasteiger partial charge in [0.1, 0.15) is 10.9 Å². The van der Waals surface area contributed by atoms with E-state index in [1.165, 1.54) is 0 Å². The maximum absolute atomic E-state index is 13.3. The standard InChI is InChI=1S/C22H24N4O3S/c1-21(2)22(3,26-18(28)15-8-4-5-9-16(15)19(26)30-21)20(29)24-12-10-17(27)25-14-7-6-11-23-13-14/h4-9,11,13,19H,10,12H2,1-3H3,(H,24,29)(H,25,27). The van der Waals surface area contributed by atoms with Crippen molar-refractivity contribution in [2.75, 3.05) is 11.9 Å². The van der Waals surface area contributed by atoms with Crippen molar-refractivity contribution in [3.05, 3.63) is 59.9 Å². The molecule has 0 radical (unpaired) electrons. The maximum Gasteiger partial charge on any atom is 0.256 e. The van der Waals surface area contributed by atoms with E-state index in [0.29, 0.717) is 11.3 Å². The highest BCUT2D eigenvalue weighted by Crippen LogP contribution is 2.61. The lowest BCUT2D eigenvalue weighted by Gasteiger charge is -2.40. The molecule has 0 bridgehead atoms. The molecule has 3 heterocycles. The molecule has 1 saturated heterocycles. The third-order valence-corrected chi connectivity index (χ3v) is 7.67. The Balaban J connectivity index is 1.45. The number of benzene rings is 1. The van der Waals surface area contributed by atoms with Gasteiger partial charge in [-0.15, -0.1) is 11.8 Å².